The summed E-state index contributed by atoms with van der Waals surface area (Å²) in [6.45, 7) is 3.80. The minimum absolute atomic E-state index is 0.0405. The van der Waals surface area contributed by atoms with Gasteiger partial charge in [0, 0.05) is 30.0 Å². The lowest BCUT2D eigenvalue weighted by molar-refractivity contribution is -0.137. The van der Waals surface area contributed by atoms with E-state index in [2.05, 4.69) is 0 Å². The molecule has 1 amide bonds. The number of allylic oxidation sites excluding steroid dienone is 2. The third-order valence-corrected chi connectivity index (χ3v) is 5.80. The Morgan fingerprint density at radius 2 is 1.57 bits per heavy atom. The van der Waals surface area contributed by atoms with E-state index in [0.29, 0.717) is 24.1 Å². The van der Waals surface area contributed by atoms with Gasteiger partial charge < -0.3 is 0 Å². The molecule has 0 bridgehead atoms. The number of anilines is 1. The topological polar surface area (TPSA) is 37.4 Å². The van der Waals surface area contributed by atoms with Gasteiger partial charge in [-0.05, 0) is 29.5 Å². The summed E-state index contributed by atoms with van der Waals surface area (Å²) in [6, 6.07) is 14.3. The summed E-state index contributed by atoms with van der Waals surface area (Å²) in [6.07, 6.45) is -3.99. The van der Waals surface area contributed by atoms with Crippen molar-refractivity contribution in [2.24, 2.45) is 5.41 Å². The second-order valence-corrected chi connectivity index (χ2v) is 8.71. The predicted octanol–water partition coefficient (Wildman–Crippen LogP) is 5.87. The van der Waals surface area contributed by atoms with Crippen LogP contribution in [0.3, 0.4) is 0 Å². The Morgan fingerprint density at radius 1 is 0.933 bits per heavy atom. The van der Waals surface area contributed by atoms with Crippen LogP contribution < -0.4 is 4.90 Å². The van der Waals surface area contributed by atoms with Crippen LogP contribution in [0.25, 0.3) is 0 Å². The van der Waals surface area contributed by atoms with Crippen molar-refractivity contribution in [1.82, 2.24) is 0 Å². The van der Waals surface area contributed by atoms with Crippen molar-refractivity contribution >= 4 is 17.4 Å². The van der Waals surface area contributed by atoms with E-state index in [4.69, 9.17) is 0 Å². The van der Waals surface area contributed by atoms with E-state index in [0.717, 1.165) is 16.5 Å². The highest BCUT2D eigenvalue weighted by atomic mass is 19.4. The van der Waals surface area contributed by atoms with Crippen LogP contribution in [0.15, 0.2) is 65.9 Å². The molecule has 3 nitrogen and oxygen atoms in total. The number of alkyl halides is 3. The summed E-state index contributed by atoms with van der Waals surface area (Å²) < 4.78 is 41.1. The van der Waals surface area contributed by atoms with Crippen molar-refractivity contribution in [3.05, 3.63) is 77.0 Å². The first-order chi connectivity index (χ1) is 14.1. The van der Waals surface area contributed by atoms with Gasteiger partial charge in [0.05, 0.1) is 11.3 Å². The second-order valence-electron chi connectivity index (χ2n) is 8.71. The Bertz CT molecular complexity index is 1040. The van der Waals surface area contributed by atoms with Crippen LogP contribution in [0.2, 0.25) is 0 Å². The number of amides is 1. The summed E-state index contributed by atoms with van der Waals surface area (Å²) in [4.78, 5) is 27.6. The maximum atomic E-state index is 13.7. The van der Waals surface area contributed by atoms with Gasteiger partial charge in [-0.25, -0.2) is 0 Å². The Hall–Kier alpha value is -2.89. The zero-order chi connectivity index (χ0) is 21.7. The molecule has 2 aromatic carbocycles. The summed E-state index contributed by atoms with van der Waals surface area (Å²) in [5.74, 6) is -0.964. The molecule has 4 rings (SSSR count). The van der Waals surface area contributed by atoms with E-state index in [1.54, 1.807) is 0 Å². The Labute approximate surface area is 173 Å². The molecule has 0 saturated heterocycles. The van der Waals surface area contributed by atoms with E-state index in [1.165, 1.54) is 18.2 Å². The third kappa shape index (κ3) is 3.55. The Morgan fingerprint density at radius 3 is 2.23 bits per heavy atom. The average Bonchev–Trinajstić information content (AvgIpc) is 2.66. The highest BCUT2D eigenvalue weighted by Gasteiger charge is 2.46. The number of hydrogen-bond donors (Lipinski definition) is 0. The van der Waals surface area contributed by atoms with Gasteiger partial charge in [-0.3, -0.25) is 14.5 Å². The molecule has 156 valence electrons. The van der Waals surface area contributed by atoms with Crippen LogP contribution in [0.4, 0.5) is 18.9 Å². The third-order valence-electron chi connectivity index (χ3n) is 5.80. The molecular weight excluding hydrogens is 391 g/mol. The molecule has 6 heteroatoms. The highest BCUT2D eigenvalue weighted by molar-refractivity contribution is 6.08. The summed E-state index contributed by atoms with van der Waals surface area (Å²) >= 11 is 0. The van der Waals surface area contributed by atoms with Crippen molar-refractivity contribution in [2.75, 3.05) is 4.90 Å². The minimum atomic E-state index is -4.61. The van der Waals surface area contributed by atoms with Crippen LogP contribution in [-0.2, 0) is 15.8 Å². The maximum absolute atomic E-state index is 13.7. The fourth-order valence-electron chi connectivity index (χ4n) is 4.57. The molecule has 0 radical (unpaired) electrons. The van der Waals surface area contributed by atoms with Gasteiger partial charge in [-0.2, -0.15) is 13.2 Å². The van der Waals surface area contributed by atoms with Crippen LogP contribution in [0.1, 0.15) is 50.2 Å². The smallest absolute Gasteiger partial charge is 0.294 e. The summed E-state index contributed by atoms with van der Waals surface area (Å²) in [5.41, 5.74) is 0.171. The molecular formula is C24H22F3NO2. The number of para-hydroxylation sites is 1. The molecule has 1 aliphatic carbocycles. The number of Topliss-reactive ketones (excluding diaryl/α,β-unsaturated/α-hetero) is 1. The Balaban J connectivity index is 1.95. The second kappa shape index (κ2) is 7.11. The molecule has 0 N–H and O–H groups in total. The Kier molecular flexibility index (Phi) is 4.83. The van der Waals surface area contributed by atoms with Gasteiger partial charge in [0.2, 0.25) is 5.91 Å². The summed E-state index contributed by atoms with van der Waals surface area (Å²) in [5, 5.41) is 0. The average molecular weight is 413 g/mol. The normalized spacial score (nSPS) is 21.6. The van der Waals surface area contributed by atoms with Gasteiger partial charge in [0.15, 0.2) is 5.78 Å². The van der Waals surface area contributed by atoms with Gasteiger partial charge in [0.1, 0.15) is 0 Å². The zero-order valence-corrected chi connectivity index (χ0v) is 16.8. The number of benzene rings is 2. The van der Waals surface area contributed by atoms with E-state index < -0.39 is 29.0 Å². The number of carbonyl (C=O) groups is 2. The van der Waals surface area contributed by atoms with Gasteiger partial charge in [0.25, 0.3) is 0 Å². The zero-order valence-electron chi connectivity index (χ0n) is 16.8. The van der Waals surface area contributed by atoms with Gasteiger partial charge in [-0.1, -0.05) is 56.3 Å². The van der Waals surface area contributed by atoms with Crippen molar-refractivity contribution in [3.63, 3.8) is 0 Å². The molecule has 30 heavy (non-hydrogen) atoms. The first-order valence-corrected chi connectivity index (χ1v) is 9.89. The van der Waals surface area contributed by atoms with Gasteiger partial charge >= 0.3 is 6.18 Å². The van der Waals surface area contributed by atoms with Crippen LogP contribution in [0.5, 0.6) is 0 Å². The monoisotopic (exact) mass is 413 g/mol. The predicted molar refractivity (Wildman–Crippen MR) is 108 cm³/mol. The maximum Gasteiger partial charge on any atom is 0.418 e. The number of nitrogens with zero attached hydrogens (tertiary/aromatic N) is 1. The van der Waals surface area contributed by atoms with Crippen LogP contribution in [0, 0.1) is 5.41 Å². The largest absolute Gasteiger partial charge is 0.418 e. The first kappa shape index (κ1) is 20.4. The number of ketones is 1. The quantitative estimate of drug-likeness (QED) is 0.618. The SMILES string of the molecule is CC1(C)CC(=O)C2=C(C1)N(c1ccccc1C(F)(F)F)C(=O)CC2c1ccccc1. The van der Waals surface area contributed by atoms with Crippen molar-refractivity contribution in [3.8, 4) is 0 Å². The molecule has 2 aliphatic rings. The molecule has 0 fully saturated rings. The van der Waals surface area contributed by atoms with E-state index >= 15 is 0 Å². The molecule has 1 heterocycles. The van der Waals surface area contributed by atoms with Gasteiger partial charge in [-0.15, -0.1) is 0 Å². The first-order valence-electron chi connectivity index (χ1n) is 9.89. The number of hydrogen-bond acceptors (Lipinski definition) is 2. The van der Waals surface area contributed by atoms with E-state index in [1.807, 2.05) is 44.2 Å². The van der Waals surface area contributed by atoms with Crippen molar-refractivity contribution in [2.45, 2.75) is 45.2 Å². The molecule has 0 aromatic heterocycles. The highest BCUT2D eigenvalue weighted by Crippen LogP contribution is 2.49. The van der Waals surface area contributed by atoms with Crippen molar-refractivity contribution < 1.29 is 22.8 Å². The number of rotatable bonds is 2. The lowest BCUT2D eigenvalue weighted by atomic mass is 9.69. The van der Waals surface area contributed by atoms with Crippen LogP contribution in [-0.4, -0.2) is 11.7 Å². The molecule has 1 unspecified atom stereocenters. The van der Waals surface area contributed by atoms with E-state index in [9.17, 15) is 22.8 Å². The number of carbonyl (C=O) groups excluding carboxylic acids is 2. The van der Waals surface area contributed by atoms with E-state index in [-0.39, 0.29) is 17.9 Å². The molecule has 1 aliphatic heterocycles. The standard InChI is InChI=1S/C24H22F3NO2/c1-23(2)13-19-22(20(29)14-23)16(15-8-4-3-5-9-15)12-21(30)28(19)18-11-7-6-10-17(18)24(25,26)27/h3-11,16H,12-14H2,1-2H3. The van der Waals surface area contributed by atoms with Crippen LogP contribution >= 0.6 is 0 Å². The lowest BCUT2D eigenvalue weighted by Gasteiger charge is -2.43. The molecule has 2 aromatic rings. The number of halogens is 3. The van der Waals surface area contributed by atoms with Crippen molar-refractivity contribution in [1.29, 1.82) is 0 Å². The molecule has 0 saturated carbocycles. The fraction of sp³-hybridized carbons (Fsp3) is 0.333. The lowest BCUT2D eigenvalue weighted by Crippen LogP contribution is -2.44. The fourth-order valence-corrected chi connectivity index (χ4v) is 4.57. The minimum Gasteiger partial charge on any atom is -0.294 e. The molecule has 0 spiro atoms. The molecule has 1 atom stereocenters. The summed E-state index contributed by atoms with van der Waals surface area (Å²) in [7, 11) is 0.